The van der Waals surface area contributed by atoms with Crippen LogP contribution in [0.4, 0.5) is 0 Å². The van der Waals surface area contributed by atoms with Gasteiger partial charge in [0.25, 0.3) is 0 Å². The van der Waals surface area contributed by atoms with E-state index < -0.39 is 0 Å². The first kappa shape index (κ1) is 22.6. The molecule has 5 rings (SSSR count). The summed E-state index contributed by atoms with van der Waals surface area (Å²) in [7, 11) is 0. The zero-order chi connectivity index (χ0) is 22.6. The third-order valence-corrected chi connectivity index (χ3v) is 7.28. The summed E-state index contributed by atoms with van der Waals surface area (Å²) in [5.41, 5.74) is 4.04. The fourth-order valence-electron chi connectivity index (χ4n) is 4.93. The third-order valence-electron chi connectivity index (χ3n) is 6.53. The van der Waals surface area contributed by atoms with Crippen LogP contribution in [0.25, 0.3) is 16.8 Å². The topological polar surface area (TPSA) is 38.7 Å². The molecule has 1 unspecified atom stereocenters. The molecular weight excluding hydrogens is 414 g/mol. The SMILES string of the molecule is C=CCOC(=O)C1=NC=CSC1.CC1(C)CC[C@@H]2c3ccc4ccccc4c3C=CC2C1. The van der Waals surface area contributed by atoms with Gasteiger partial charge in [-0.25, -0.2) is 4.79 Å². The average molecular weight is 446 g/mol. The number of ether oxygens (including phenoxy) is 1. The van der Waals surface area contributed by atoms with Crippen molar-refractivity contribution in [3.8, 4) is 0 Å². The van der Waals surface area contributed by atoms with E-state index in [1.165, 1.54) is 53.4 Å². The number of thioether (sulfide) groups is 1. The van der Waals surface area contributed by atoms with Gasteiger partial charge in [-0.1, -0.05) is 75.1 Å². The average Bonchev–Trinajstić information content (AvgIpc) is 2.82. The van der Waals surface area contributed by atoms with Gasteiger partial charge in [0.2, 0.25) is 0 Å². The highest BCUT2D eigenvalue weighted by Crippen LogP contribution is 2.50. The Morgan fingerprint density at radius 1 is 1.28 bits per heavy atom. The fourth-order valence-corrected chi connectivity index (χ4v) is 5.52. The van der Waals surface area contributed by atoms with Crippen molar-refractivity contribution < 1.29 is 9.53 Å². The van der Waals surface area contributed by atoms with Gasteiger partial charge in [-0.3, -0.25) is 4.99 Å². The summed E-state index contributed by atoms with van der Waals surface area (Å²) in [5.74, 6) is 1.72. The number of fused-ring (bicyclic) bond motifs is 5. The van der Waals surface area contributed by atoms with Crippen LogP contribution in [0.3, 0.4) is 0 Å². The van der Waals surface area contributed by atoms with Crippen molar-refractivity contribution in [3.05, 3.63) is 77.9 Å². The van der Waals surface area contributed by atoms with Gasteiger partial charge in [0.15, 0.2) is 0 Å². The van der Waals surface area contributed by atoms with Crippen LogP contribution in [-0.2, 0) is 9.53 Å². The maximum Gasteiger partial charge on any atom is 0.353 e. The number of rotatable bonds is 3. The minimum absolute atomic E-state index is 0.242. The molecule has 3 aliphatic rings. The molecule has 3 nitrogen and oxygen atoms in total. The van der Waals surface area contributed by atoms with Crippen molar-refractivity contribution in [1.82, 2.24) is 0 Å². The second-order valence-corrected chi connectivity index (χ2v) is 10.3. The smallest absolute Gasteiger partial charge is 0.353 e. The number of hydrogen-bond acceptors (Lipinski definition) is 4. The highest BCUT2D eigenvalue weighted by atomic mass is 32.2. The van der Waals surface area contributed by atoms with Crippen molar-refractivity contribution in [1.29, 1.82) is 0 Å². The molecule has 1 aliphatic heterocycles. The molecule has 1 fully saturated rings. The summed E-state index contributed by atoms with van der Waals surface area (Å²) >= 11 is 1.53. The first-order valence-electron chi connectivity index (χ1n) is 11.3. The molecule has 0 radical (unpaired) electrons. The molecule has 2 aromatic carbocycles. The molecule has 1 saturated carbocycles. The number of carbonyl (C=O) groups excluding carboxylic acids is 1. The molecule has 166 valence electrons. The van der Waals surface area contributed by atoms with E-state index in [4.69, 9.17) is 4.74 Å². The molecule has 2 atom stereocenters. The Hall–Kier alpha value is -2.59. The normalized spacial score (nSPS) is 22.6. The van der Waals surface area contributed by atoms with Crippen molar-refractivity contribution in [2.75, 3.05) is 12.4 Å². The lowest BCUT2D eigenvalue weighted by molar-refractivity contribution is -0.134. The number of aliphatic imine (C=N–C) groups is 1. The fraction of sp³-hybridized carbons (Fsp3) is 0.357. The van der Waals surface area contributed by atoms with Crippen LogP contribution in [0, 0.1) is 11.3 Å². The monoisotopic (exact) mass is 445 g/mol. The maximum absolute atomic E-state index is 11.1. The van der Waals surface area contributed by atoms with Crippen LogP contribution in [-0.4, -0.2) is 24.0 Å². The van der Waals surface area contributed by atoms with Gasteiger partial charge in [-0.05, 0) is 63.8 Å². The standard InChI is InChI=1S/C20H22.C8H9NO2S/c1-20(2)12-11-17-15(13-20)8-10-18-16-6-4-3-5-14(16)7-9-19(17)18;1-2-4-11-8(10)7-6-12-5-3-9-7/h3-10,15,17H,11-13H2,1-2H3;2-3,5H,1,4,6H2/t15?,17-;/m0./s1. The second-order valence-electron chi connectivity index (χ2n) is 9.39. The van der Waals surface area contributed by atoms with Crippen molar-refractivity contribution in [2.45, 2.75) is 39.0 Å². The summed E-state index contributed by atoms with van der Waals surface area (Å²) < 4.78 is 4.80. The van der Waals surface area contributed by atoms with Crippen molar-refractivity contribution in [3.63, 3.8) is 0 Å². The molecule has 0 N–H and O–H groups in total. The lowest BCUT2D eigenvalue weighted by Gasteiger charge is -2.42. The highest BCUT2D eigenvalue weighted by molar-refractivity contribution is 8.02. The van der Waals surface area contributed by atoms with Crippen molar-refractivity contribution in [2.24, 2.45) is 16.3 Å². The number of carbonyl (C=O) groups is 1. The van der Waals surface area contributed by atoms with E-state index in [1.54, 1.807) is 11.8 Å². The van der Waals surface area contributed by atoms with Gasteiger partial charge in [0.1, 0.15) is 12.3 Å². The Bertz CT molecular complexity index is 1100. The Labute approximate surface area is 195 Å². The molecule has 32 heavy (non-hydrogen) atoms. The molecular formula is C28H31NO2S. The van der Waals surface area contributed by atoms with Crippen molar-refractivity contribution >= 4 is 40.3 Å². The van der Waals surface area contributed by atoms with Gasteiger partial charge in [0.05, 0.1) is 0 Å². The minimum Gasteiger partial charge on any atom is -0.457 e. The Kier molecular flexibility index (Phi) is 7.00. The van der Waals surface area contributed by atoms with E-state index in [2.05, 4.69) is 74.0 Å². The van der Waals surface area contributed by atoms with Crippen LogP contribution >= 0.6 is 11.8 Å². The third kappa shape index (κ3) is 5.07. The quantitative estimate of drug-likeness (QED) is 0.372. The predicted molar refractivity (Wildman–Crippen MR) is 137 cm³/mol. The van der Waals surface area contributed by atoms with Gasteiger partial charge < -0.3 is 4.74 Å². The van der Waals surface area contributed by atoms with E-state index in [-0.39, 0.29) is 12.6 Å². The van der Waals surface area contributed by atoms with Crippen LogP contribution in [0.1, 0.15) is 50.2 Å². The molecule has 0 saturated heterocycles. The molecule has 2 aliphatic carbocycles. The van der Waals surface area contributed by atoms with Gasteiger partial charge in [-0.2, -0.15) is 0 Å². The zero-order valence-corrected chi connectivity index (χ0v) is 19.7. The summed E-state index contributed by atoms with van der Waals surface area (Å²) in [6.45, 7) is 8.53. The lowest BCUT2D eigenvalue weighted by Crippen LogP contribution is -2.29. The predicted octanol–water partition coefficient (Wildman–Crippen LogP) is 7.15. The van der Waals surface area contributed by atoms with Crippen LogP contribution in [0.2, 0.25) is 0 Å². The molecule has 4 heteroatoms. The summed E-state index contributed by atoms with van der Waals surface area (Å²) in [4.78, 5) is 15.0. The summed E-state index contributed by atoms with van der Waals surface area (Å²) in [6, 6.07) is 13.5. The van der Waals surface area contributed by atoms with E-state index in [1.807, 2.05) is 5.41 Å². The van der Waals surface area contributed by atoms with Gasteiger partial charge >= 0.3 is 5.97 Å². The minimum atomic E-state index is -0.355. The molecule has 0 spiro atoms. The van der Waals surface area contributed by atoms with E-state index in [0.29, 0.717) is 16.9 Å². The van der Waals surface area contributed by atoms with Crippen LogP contribution < -0.4 is 0 Å². The molecule has 2 aromatic rings. The summed E-state index contributed by atoms with van der Waals surface area (Å²) in [5, 5.41) is 4.62. The Morgan fingerprint density at radius 3 is 2.91 bits per heavy atom. The number of allylic oxidation sites excluding steroid dienone is 1. The number of benzene rings is 2. The first-order valence-corrected chi connectivity index (χ1v) is 12.3. The number of esters is 1. The van der Waals surface area contributed by atoms with E-state index in [0.717, 1.165) is 11.8 Å². The second kappa shape index (κ2) is 9.91. The Morgan fingerprint density at radius 2 is 2.12 bits per heavy atom. The zero-order valence-electron chi connectivity index (χ0n) is 18.9. The first-order chi connectivity index (χ1) is 15.5. The van der Waals surface area contributed by atoms with Gasteiger partial charge in [-0.15, -0.1) is 11.8 Å². The summed E-state index contributed by atoms with van der Waals surface area (Å²) in [6.07, 6.45) is 12.0. The highest BCUT2D eigenvalue weighted by Gasteiger charge is 2.36. The Balaban J connectivity index is 0.000000176. The molecule has 0 bridgehead atoms. The van der Waals surface area contributed by atoms with Crippen LogP contribution in [0.15, 0.2) is 71.7 Å². The molecule has 1 heterocycles. The number of nitrogens with zero attached hydrogens (tertiary/aromatic N) is 1. The van der Waals surface area contributed by atoms with E-state index in [9.17, 15) is 4.79 Å². The lowest BCUT2D eigenvalue weighted by atomic mass is 9.63. The number of hydrogen-bond donors (Lipinski definition) is 0. The largest absolute Gasteiger partial charge is 0.457 e. The molecule has 0 aromatic heterocycles. The van der Waals surface area contributed by atoms with E-state index >= 15 is 0 Å². The molecule has 0 amide bonds. The maximum atomic E-state index is 11.1. The van der Waals surface area contributed by atoms with Gasteiger partial charge in [0, 0.05) is 12.0 Å². The van der Waals surface area contributed by atoms with Crippen LogP contribution in [0.5, 0.6) is 0 Å².